The van der Waals surface area contributed by atoms with E-state index >= 15 is 0 Å². The van der Waals surface area contributed by atoms with Gasteiger partial charge < -0.3 is 19.5 Å². The van der Waals surface area contributed by atoms with Crippen LogP contribution in [-0.2, 0) is 16.1 Å². The number of hydrogen-bond acceptors (Lipinski definition) is 8. The molecule has 38 heavy (non-hydrogen) atoms. The van der Waals surface area contributed by atoms with Gasteiger partial charge in [0.15, 0.2) is 11.5 Å². The van der Waals surface area contributed by atoms with Crippen LogP contribution in [0.3, 0.4) is 0 Å². The maximum Gasteiger partial charge on any atom is 0.338 e. The molecule has 0 fully saturated rings. The van der Waals surface area contributed by atoms with Crippen molar-refractivity contribution >= 4 is 39.6 Å². The van der Waals surface area contributed by atoms with Gasteiger partial charge in [0, 0.05) is 11.4 Å². The van der Waals surface area contributed by atoms with Gasteiger partial charge in [-0.15, -0.1) is 5.10 Å². The zero-order chi connectivity index (χ0) is 27.4. The SMILES string of the molecule is CCCSc1nc2n(n1)C(c1cc(Br)c(OCc3cccc(C)c3)c(OC)c1)C(C(=O)OC(C)C)=C(C)N2. The molecule has 0 spiro atoms. The van der Waals surface area contributed by atoms with Crippen molar-refractivity contribution in [2.45, 2.75) is 64.9 Å². The van der Waals surface area contributed by atoms with Gasteiger partial charge in [-0.3, -0.25) is 0 Å². The smallest absolute Gasteiger partial charge is 0.338 e. The highest BCUT2D eigenvalue weighted by atomic mass is 79.9. The van der Waals surface area contributed by atoms with Crippen LogP contribution in [0.5, 0.6) is 11.5 Å². The lowest BCUT2D eigenvalue weighted by Crippen LogP contribution is -2.30. The topological polar surface area (TPSA) is 87.5 Å². The zero-order valence-electron chi connectivity index (χ0n) is 22.5. The number of ether oxygens (including phenoxy) is 3. The Bertz CT molecular complexity index is 1350. The highest BCUT2D eigenvalue weighted by molar-refractivity contribution is 9.10. The fourth-order valence-electron chi connectivity index (χ4n) is 4.23. The van der Waals surface area contributed by atoms with Crippen molar-refractivity contribution in [2.24, 2.45) is 0 Å². The molecule has 1 unspecified atom stereocenters. The molecule has 2 heterocycles. The molecule has 1 aliphatic rings. The van der Waals surface area contributed by atoms with E-state index in [1.807, 2.05) is 45.0 Å². The number of allylic oxidation sites excluding steroid dienone is 1. The second-order valence-corrected chi connectivity index (χ2v) is 11.3. The number of esters is 1. The van der Waals surface area contributed by atoms with Crippen molar-refractivity contribution in [3.63, 3.8) is 0 Å². The summed E-state index contributed by atoms with van der Waals surface area (Å²) in [6.07, 6.45) is 0.734. The summed E-state index contributed by atoms with van der Waals surface area (Å²) in [5.74, 6) is 2.18. The monoisotopic (exact) mass is 600 g/mol. The van der Waals surface area contributed by atoms with Crippen LogP contribution < -0.4 is 14.8 Å². The molecule has 2 aromatic carbocycles. The van der Waals surface area contributed by atoms with Gasteiger partial charge in [0.25, 0.3) is 0 Å². The van der Waals surface area contributed by atoms with E-state index in [2.05, 4.69) is 52.2 Å². The number of methoxy groups -OCH3 is 1. The van der Waals surface area contributed by atoms with Crippen molar-refractivity contribution < 1.29 is 19.0 Å². The molecule has 8 nitrogen and oxygen atoms in total. The molecule has 0 saturated carbocycles. The molecular weight excluding hydrogens is 568 g/mol. The number of halogens is 1. The molecule has 0 bridgehead atoms. The van der Waals surface area contributed by atoms with Gasteiger partial charge in [-0.1, -0.05) is 48.5 Å². The predicted molar refractivity (Wildman–Crippen MR) is 153 cm³/mol. The lowest BCUT2D eigenvalue weighted by molar-refractivity contribution is -0.143. The molecule has 0 radical (unpaired) electrons. The molecule has 1 aromatic heterocycles. The molecule has 1 N–H and O–H groups in total. The minimum Gasteiger partial charge on any atom is -0.493 e. The van der Waals surface area contributed by atoms with Gasteiger partial charge in [0.1, 0.15) is 12.6 Å². The maximum absolute atomic E-state index is 13.3. The van der Waals surface area contributed by atoms with Crippen LogP contribution in [0.1, 0.15) is 56.8 Å². The van der Waals surface area contributed by atoms with Crippen molar-refractivity contribution in [3.05, 3.63) is 68.8 Å². The molecule has 1 aliphatic heterocycles. The number of hydrogen-bond donors (Lipinski definition) is 1. The number of thioether (sulfide) groups is 1. The highest BCUT2D eigenvalue weighted by Crippen LogP contribution is 2.43. The summed E-state index contributed by atoms with van der Waals surface area (Å²) in [4.78, 5) is 18.0. The summed E-state index contributed by atoms with van der Waals surface area (Å²) >= 11 is 5.26. The summed E-state index contributed by atoms with van der Waals surface area (Å²) in [6.45, 7) is 10.1. The summed E-state index contributed by atoms with van der Waals surface area (Å²) in [5, 5.41) is 8.65. The van der Waals surface area contributed by atoms with Gasteiger partial charge in [-0.25, -0.2) is 9.48 Å². The molecule has 0 aliphatic carbocycles. The number of aryl methyl sites for hydroxylation is 1. The number of rotatable bonds is 10. The van der Waals surface area contributed by atoms with Crippen LogP contribution in [-0.4, -0.2) is 39.7 Å². The van der Waals surface area contributed by atoms with Crippen molar-refractivity contribution in [2.75, 3.05) is 18.2 Å². The molecule has 1 atom stereocenters. The van der Waals surface area contributed by atoms with Gasteiger partial charge in [-0.05, 0) is 73.3 Å². The van der Waals surface area contributed by atoms with E-state index in [9.17, 15) is 4.79 Å². The Hall–Kier alpha value is -2.98. The third kappa shape index (κ3) is 6.18. The number of benzene rings is 2. The molecule has 10 heteroatoms. The molecule has 202 valence electrons. The molecule has 0 amide bonds. The quantitative estimate of drug-likeness (QED) is 0.204. The van der Waals surface area contributed by atoms with Crippen LogP contribution in [0.15, 0.2) is 57.3 Å². The van der Waals surface area contributed by atoms with Gasteiger partial charge in [0.05, 0.1) is 23.3 Å². The van der Waals surface area contributed by atoms with E-state index in [4.69, 9.17) is 19.3 Å². The second-order valence-electron chi connectivity index (χ2n) is 9.34. The third-order valence-corrected chi connectivity index (χ3v) is 7.50. The Morgan fingerprint density at radius 2 is 2.03 bits per heavy atom. The van der Waals surface area contributed by atoms with Crippen LogP contribution in [0, 0.1) is 6.92 Å². The Labute approximate surface area is 236 Å². The van der Waals surface area contributed by atoms with Gasteiger partial charge in [0.2, 0.25) is 11.1 Å². The van der Waals surface area contributed by atoms with E-state index < -0.39 is 12.0 Å². The zero-order valence-corrected chi connectivity index (χ0v) is 24.9. The van der Waals surface area contributed by atoms with Gasteiger partial charge >= 0.3 is 5.97 Å². The first-order valence-corrected chi connectivity index (χ1v) is 14.3. The number of carbonyl (C=O) groups excluding carboxylic acids is 1. The minimum absolute atomic E-state index is 0.269. The summed E-state index contributed by atoms with van der Waals surface area (Å²) in [7, 11) is 1.60. The molecule has 0 saturated heterocycles. The fraction of sp³-hybridized carbons (Fsp3) is 0.393. The number of fused-ring (bicyclic) bond motifs is 1. The average molecular weight is 602 g/mol. The van der Waals surface area contributed by atoms with Crippen LogP contribution in [0.25, 0.3) is 0 Å². The maximum atomic E-state index is 13.3. The summed E-state index contributed by atoms with van der Waals surface area (Å²) in [5.41, 5.74) is 4.14. The number of nitrogens with zero attached hydrogens (tertiary/aromatic N) is 3. The Morgan fingerprint density at radius 1 is 1.24 bits per heavy atom. The first-order chi connectivity index (χ1) is 18.2. The molecule has 3 aromatic rings. The van der Waals surface area contributed by atoms with Crippen molar-refractivity contribution in [1.82, 2.24) is 14.8 Å². The van der Waals surface area contributed by atoms with Crippen molar-refractivity contribution in [1.29, 1.82) is 0 Å². The normalized spacial score (nSPS) is 14.8. The summed E-state index contributed by atoms with van der Waals surface area (Å²) in [6, 6.07) is 11.4. The van der Waals surface area contributed by atoms with Gasteiger partial charge in [-0.2, -0.15) is 4.98 Å². The van der Waals surface area contributed by atoms with Crippen molar-refractivity contribution in [3.8, 4) is 11.5 Å². The highest BCUT2D eigenvalue weighted by Gasteiger charge is 2.36. The largest absolute Gasteiger partial charge is 0.493 e. The van der Waals surface area contributed by atoms with E-state index in [1.165, 1.54) is 5.56 Å². The first-order valence-electron chi connectivity index (χ1n) is 12.6. The van der Waals surface area contributed by atoms with Crippen LogP contribution in [0.4, 0.5) is 5.95 Å². The average Bonchev–Trinajstić information content (AvgIpc) is 3.27. The Kier molecular flexibility index (Phi) is 9.04. The number of carbonyl (C=O) groups is 1. The fourth-order valence-corrected chi connectivity index (χ4v) is 5.49. The lowest BCUT2D eigenvalue weighted by atomic mass is 9.95. The van der Waals surface area contributed by atoms with E-state index in [0.29, 0.717) is 45.0 Å². The standard InChI is InChI=1S/C28H33BrN4O4S/c1-7-11-38-28-31-27-30-18(5)23(26(34)37-16(2)3)24(33(27)32-28)20-13-21(29)25(22(14-20)35-6)36-15-19-10-8-9-17(4)12-19/h8-10,12-14,16,24H,7,11,15H2,1-6H3,(H,30,31,32). The molecule has 4 rings (SSSR count). The second kappa shape index (κ2) is 12.3. The predicted octanol–water partition coefficient (Wildman–Crippen LogP) is 6.68. The number of anilines is 1. The third-order valence-electron chi connectivity index (χ3n) is 5.86. The first kappa shape index (κ1) is 28.0. The lowest BCUT2D eigenvalue weighted by Gasteiger charge is -2.29. The number of aromatic nitrogens is 3. The van der Waals surface area contributed by atoms with Crippen LogP contribution >= 0.6 is 27.7 Å². The Morgan fingerprint density at radius 3 is 2.71 bits per heavy atom. The minimum atomic E-state index is -0.572. The number of nitrogens with one attached hydrogen (secondary N) is 1. The Balaban J connectivity index is 1.76. The van der Waals surface area contributed by atoms with E-state index in [1.54, 1.807) is 23.6 Å². The molecular formula is C28H33BrN4O4S. The van der Waals surface area contributed by atoms with E-state index in [0.717, 1.165) is 23.3 Å². The van der Waals surface area contributed by atoms with Crippen LogP contribution in [0.2, 0.25) is 0 Å². The summed E-state index contributed by atoms with van der Waals surface area (Å²) < 4.78 is 20.0. The van der Waals surface area contributed by atoms with E-state index in [-0.39, 0.29) is 6.10 Å².